The lowest BCUT2D eigenvalue weighted by Crippen LogP contribution is -2.22. The second-order valence-electron chi connectivity index (χ2n) is 5.75. The van der Waals surface area contributed by atoms with Crippen LogP contribution in [0.5, 0.6) is 5.75 Å². The number of nitrogens with one attached hydrogen (secondary N) is 2. The summed E-state index contributed by atoms with van der Waals surface area (Å²) in [6.07, 6.45) is 0. The van der Waals surface area contributed by atoms with Gasteiger partial charge in [-0.15, -0.1) is 0 Å². The number of fused-ring (bicyclic) bond motifs is 1. The SMILES string of the molecule is COc1cccc(CNC(=O)c2ccc3ccc(C(=O)NO)cc3c2)c1. The van der Waals surface area contributed by atoms with E-state index in [1.165, 1.54) is 0 Å². The molecule has 0 saturated heterocycles. The van der Waals surface area contributed by atoms with E-state index < -0.39 is 5.91 Å². The van der Waals surface area contributed by atoms with Crippen LogP contribution in [0.2, 0.25) is 0 Å². The van der Waals surface area contributed by atoms with Gasteiger partial charge >= 0.3 is 0 Å². The van der Waals surface area contributed by atoms with Crippen molar-refractivity contribution < 1.29 is 19.5 Å². The Labute approximate surface area is 150 Å². The monoisotopic (exact) mass is 350 g/mol. The molecule has 0 atom stereocenters. The normalized spacial score (nSPS) is 10.4. The number of hydroxylamine groups is 1. The van der Waals surface area contributed by atoms with Crippen molar-refractivity contribution in [1.29, 1.82) is 0 Å². The molecule has 6 nitrogen and oxygen atoms in total. The van der Waals surface area contributed by atoms with E-state index in [1.54, 1.807) is 42.9 Å². The molecule has 6 heteroatoms. The van der Waals surface area contributed by atoms with E-state index in [1.807, 2.05) is 30.3 Å². The Kier molecular flexibility index (Phi) is 5.15. The van der Waals surface area contributed by atoms with Gasteiger partial charge in [-0.05, 0) is 52.7 Å². The summed E-state index contributed by atoms with van der Waals surface area (Å²) >= 11 is 0. The molecule has 3 aromatic rings. The first-order chi connectivity index (χ1) is 12.6. The smallest absolute Gasteiger partial charge is 0.274 e. The quantitative estimate of drug-likeness (QED) is 0.488. The summed E-state index contributed by atoms with van der Waals surface area (Å²) in [7, 11) is 1.60. The molecule has 3 aromatic carbocycles. The number of ether oxygens (including phenoxy) is 1. The van der Waals surface area contributed by atoms with Crippen molar-refractivity contribution in [1.82, 2.24) is 10.8 Å². The van der Waals surface area contributed by atoms with E-state index in [0.717, 1.165) is 22.1 Å². The molecule has 2 amide bonds. The van der Waals surface area contributed by atoms with Crippen molar-refractivity contribution in [3.05, 3.63) is 77.4 Å². The molecule has 0 aliphatic rings. The number of benzene rings is 3. The summed E-state index contributed by atoms with van der Waals surface area (Å²) in [5.41, 5.74) is 3.34. The van der Waals surface area contributed by atoms with Gasteiger partial charge < -0.3 is 10.1 Å². The molecule has 0 aromatic heterocycles. The molecule has 0 saturated carbocycles. The van der Waals surface area contributed by atoms with Gasteiger partial charge in [0.15, 0.2) is 0 Å². The Balaban J connectivity index is 1.77. The number of methoxy groups -OCH3 is 1. The number of hydrogen-bond donors (Lipinski definition) is 3. The van der Waals surface area contributed by atoms with Gasteiger partial charge in [-0.1, -0.05) is 24.3 Å². The summed E-state index contributed by atoms with van der Waals surface area (Å²) in [4.78, 5) is 24.0. The van der Waals surface area contributed by atoms with Crippen LogP contribution in [0.3, 0.4) is 0 Å². The third kappa shape index (κ3) is 3.81. The molecule has 0 unspecified atom stereocenters. The van der Waals surface area contributed by atoms with E-state index in [-0.39, 0.29) is 5.91 Å². The molecule has 0 bridgehead atoms. The molecule has 26 heavy (non-hydrogen) atoms. The van der Waals surface area contributed by atoms with Crippen molar-refractivity contribution in [3.63, 3.8) is 0 Å². The zero-order valence-electron chi connectivity index (χ0n) is 14.2. The third-order valence-electron chi connectivity index (χ3n) is 4.05. The molecular weight excluding hydrogens is 332 g/mol. The van der Waals surface area contributed by atoms with Gasteiger partial charge in [-0.25, -0.2) is 5.48 Å². The Morgan fingerprint density at radius 3 is 2.27 bits per heavy atom. The summed E-state index contributed by atoms with van der Waals surface area (Å²) in [5, 5.41) is 13.2. The summed E-state index contributed by atoms with van der Waals surface area (Å²) in [5.74, 6) is -0.0799. The average molecular weight is 350 g/mol. The topological polar surface area (TPSA) is 87.7 Å². The lowest BCUT2D eigenvalue weighted by atomic mass is 10.0. The van der Waals surface area contributed by atoms with Gasteiger partial charge in [0.25, 0.3) is 11.8 Å². The van der Waals surface area contributed by atoms with Crippen LogP contribution in [0.25, 0.3) is 10.8 Å². The van der Waals surface area contributed by atoms with Gasteiger partial charge in [0.05, 0.1) is 7.11 Å². The van der Waals surface area contributed by atoms with Gasteiger partial charge in [-0.2, -0.15) is 0 Å². The largest absolute Gasteiger partial charge is 0.497 e. The van der Waals surface area contributed by atoms with Crippen LogP contribution in [0.1, 0.15) is 26.3 Å². The van der Waals surface area contributed by atoms with Crippen LogP contribution < -0.4 is 15.5 Å². The van der Waals surface area contributed by atoms with E-state index in [9.17, 15) is 9.59 Å². The predicted molar refractivity (Wildman–Crippen MR) is 97.4 cm³/mol. The van der Waals surface area contributed by atoms with Gasteiger partial charge in [-0.3, -0.25) is 14.8 Å². The highest BCUT2D eigenvalue weighted by Crippen LogP contribution is 2.18. The minimum atomic E-state index is -0.597. The van der Waals surface area contributed by atoms with Crippen LogP contribution in [0, 0.1) is 0 Å². The average Bonchev–Trinajstić information content (AvgIpc) is 2.70. The fourth-order valence-corrected chi connectivity index (χ4v) is 2.66. The number of hydrogen-bond acceptors (Lipinski definition) is 4. The fraction of sp³-hybridized carbons (Fsp3) is 0.100. The number of amides is 2. The molecule has 3 rings (SSSR count). The standard InChI is InChI=1S/C20H18N2O4/c1-26-18-4-2-3-13(9-18)12-21-19(23)15-7-5-14-6-8-16(20(24)22-25)11-17(14)10-15/h2-11,25H,12H2,1H3,(H,21,23)(H,22,24). The van der Waals surface area contributed by atoms with Crippen LogP contribution in [0.4, 0.5) is 0 Å². The van der Waals surface area contributed by atoms with E-state index in [2.05, 4.69) is 5.32 Å². The number of carbonyl (C=O) groups excluding carboxylic acids is 2. The Hall–Kier alpha value is -3.38. The van der Waals surface area contributed by atoms with Crippen molar-refractivity contribution in [2.45, 2.75) is 6.54 Å². The van der Waals surface area contributed by atoms with E-state index >= 15 is 0 Å². The minimum Gasteiger partial charge on any atom is -0.497 e. The van der Waals surface area contributed by atoms with Gasteiger partial charge in [0.2, 0.25) is 0 Å². The van der Waals surface area contributed by atoms with Gasteiger partial charge in [0, 0.05) is 17.7 Å². The van der Waals surface area contributed by atoms with Crippen LogP contribution in [-0.4, -0.2) is 24.1 Å². The first-order valence-electron chi connectivity index (χ1n) is 8.00. The lowest BCUT2D eigenvalue weighted by Gasteiger charge is -2.08. The second-order valence-corrected chi connectivity index (χ2v) is 5.75. The maximum atomic E-state index is 12.4. The minimum absolute atomic E-state index is 0.216. The highest BCUT2D eigenvalue weighted by atomic mass is 16.5. The zero-order valence-corrected chi connectivity index (χ0v) is 14.2. The first-order valence-corrected chi connectivity index (χ1v) is 8.00. The van der Waals surface area contributed by atoms with Crippen molar-refractivity contribution in [2.75, 3.05) is 7.11 Å². The second kappa shape index (κ2) is 7.67. The maximum absolute atomic E-state index is 12.4. The molecule has 132 valence electrons. The molecule has 3 N–H and O–H groups in total. The molecule has 0 aliphatic heterocycles. The van der Waals surface area contributed by atoms with Crippen LogP contribution in [-0.2, 0) is 6.54 Å². The molecule has 0 aliphatic carbocycles. The lowest BCUT2D eigenvalue weighted by molar-refractivity contribution is 0.0706. The molecule has 0 radical (unpaired) electrons. The molecular formula is C20H18N2O4. The van der Waals surface area contributed by atoms with Crippen molar-refractivity contribution in [2.24, 2.45) is 0 Å². The van der Waals surface area contributed by atoms with Crippen molar-refractivity contribution >= 4 is 22.6 Å². The summed E-state index contributed by atoms with van der Waals surface area (Å²) in [6.45, 7) is 0.376. The maximum Gasteiger partial charge on any atom is 0.274 e. The fourth-order valence-electron chi connectivity index (χ4n) is 2.66. The van der Waals surface area contributed by atoms with E-state index in [0.29, 0.717) is 17.7 Å². The first kappa shape index (κ1) is 17.4. The van der Waals surface area contributed by atoms with Gasteiger partial charge in [0.1, 0.15) is 5.75 Å². The number of carbonyl (C=O) groups is 2. The highest BCUT2D eigenvalue weighted by molar-refractivity contribution is 6.01. The Bertz CT molecular complexity index is 969. The molecule has 0 spiro atoms. The third-order valence-corrected chi connectivity index (χ3v) is 4.05. The zero-order chi connectivity index (χ0) is 18.5. The Morgan fingerprint density at radius 1 is 0.923 bits per heavy atom. The predicted octanol–water partition coefficient (Wildman–Crippen LogP) is 2.90. The van der Waals surface area contributed by atoms with Crippen LogP contribution >= 0.6 is 0 Å². The molecule has 0 heterocycles. The summed E-state index contributed by atoms with van der Waals surface area (Å²) < 4.78 is 5.17. The Morgan fingerprint density at radius 2 is 1.62 bits per heavy atom. The highest BCUT2D eigenvalue weighted by Gasteiger charge is 2.09. The summed E-state index contributed by atoms with van der Waals surface area (Å²) in [6, 6.07) is 17.7. The molecule has 0 fully saturated rings. The van der Waals surface area contributed by atoms with Crippen molar-refractivity contribution in [3.8, 4) is 5.75 Å². The van der Waals surface area contributed by atoms with Crippen LogP contribution in [0.15, 0.2) is 60.7 Å². The van der Waals surface area contributed by atoms with E-state index in [4.69, 9.17) is 9.94 Å². The number of rotatable bonds is 5.